The topological polar surface area (TPSA) is 172 Å². The van der Waals surface area contributed by atoms with E-state index in [1.807, 2.05) is 42.5 Å². The van der Waals surface area contributed by atoms with Gasteiger partial charge in [0.2, 0.25) is 0 Å². The first-order valence-electron chi connectivity index (χ1n) is 10.8. The molecule has 0 aromatic heterocycles. The molecular formula is C24H25N5O6. The zero-order valence-corrected chi connectivity index (χ0v) is 18.7. The molecule has 1 amide bonds. The maximum absolute atomic E-state index is 13.4. The van der Waals surface area contributed by atoms with Crippen molar-refractivity contribution in [3.8, 4) is 5.75 Å². The van der Waals surface area contributed by atoms with Gasteiger partial charge < -0.3 is 20.9 Å². The van der Waals surface area contributed by atoms with E-state index in [-0.39, 0.29) is 48.3 Å². The molecule has 0 saturated carbocycles. The highest BCUT2D eigenvalue weighted by Gasteiger charge is 2.40. The number of ether oxygens (including phenoxy) is 1. The fourth-order valence-corrected chi connectivity index (χ4v) is 3.62. The summed E-state index contributed by atoms with van der Waals surface area (Å²) in [5.41, 5.74) is 5.91. The molecule has 0 spiro atoms. The summed E-state index contributed by atoms with van der Waals surface area (Å²) in [5, 5.41) is 31.6. The summed E-state index contributed by atoms with van der Waals surface area (Å²) >= 11 is 0. The largest absolute Gasteiger partial charge is 0.487 e. The number of fused-ring (bicyclic) bond motifs is 1. The molecule has 0 heterocycles. The highest BCUT2D eigenvalue weighted by Crippen LogP contribution is 2.32. The Morgan fingerprint density at radius 2 is 1.80 bits per heavy atom. The van der Waals surface area contributed by atoms with Crippen molar-refractivity contribution in [1.82, 2.24) is 10.3 Å². The van der Waals surface area contributed by atoms with Crippen molar-refractivity contribution in [2.75, 3.05) is 6.54 Å². The number of rotatable bonds is 11. The van der Waals surface area contributed by atoms with Crippen molar-refractivity contribution in [2.45, 2.75) is 25.5 Å². The number of nitro groups is 1. The average Bonchev–Trinajstić information content (AvgIpc) is 2.84. The molecule has 0 aliphatic heterocycles. The Labute approximate surface area is 200 Å². The molecule has 35 heavy (non-hydrogen) atoms. The van der Waals surface area contributed by atoms with Crippen molar-refractivity contribution in [3.63, 3.8) is 0 Å². The summed E-state index contributed by atoms with van der Waals surface area (Å²) in [5.74, 6) is -2.80. The van der Waals surface area contributed by atoms with Crippen LogP contribution in [-0.2, 0) is 11.4 Å². The van der Waals surface area contributed by atoms with Crippen molar-refractivity contribution in [2.24, 2.45) is 5.73 Å². The van der Waals surface area contributed by atoms with E-state index in [2.05, 4.69) is 5.32 Å². The Kier molecular flexibility index (Phi) is 8.17. The number of carboxylic acid groups (broad SMARTS) is 1. The summed E-state index contributed by atoms with van der Waals surface area (Å²) in [6, 6.07) is 17.6. The minimum Gasteiger partial charge on any atom is -0.487 e. The van der Waals surface area contributed by atoms with Crippen molar-refractivity contribution < 1.29 is 24.5 Å². The zero-order valence-electron chi connectivity index (χ0n) is 18.7. The third-order valence-electron chi connectivity index (χ3n) is 5.27. The summed E-state index contributed by atoms with van der Waals surface area (Å²) in [4.78, 5) is 37.2. The number of nitrogens with zero attached hydrogens (tertiary/aromatic N) is 2. The molecule has 3 rings (SSSR count). The molecule has 1 atom stereocenters. The van der Waals surface area contributed by atoms with Crippen LogP contribution >= 0.6 is 0 Å². The van der Waals surface area contributed by atoms with Crippen molar-refractivity contribution >= 4 is 28.6 Å². The molecule has 3 aromatic rings. The van der Waals surface area contributed by atoms with Gasteiger partial charge in [-0.2, -0.15) is 0 Å². The maximum atomic E-state index is 13.4. The van der Waals surface area contributed by atoms with E-state index in [0.29, 0.717) is 5.39 Å². The minimum atomic E-state index is -1.74. The molecule has 182 valence electrons. The van der Waals surface area contributed by atoms with Crippen LogP contribution in [0.1, 0.15) is 28.8 Å². The Bertz CT molecular complexity index is 1230. The molecule has 0 radical (unpaired) electrons. The molecule has 5 N–H and O–H groups in total. The monoisotopic (exact) mass is 479 g/mol. The number of carbonyl (C=O) groups is 2. The Balaban J connectivity index is 1.97. The molecule has 0 unspecified atom stereocenters. The van der Waals surface area contributed by atoms with Gasteiger partial charge in [0.15, 0.2) is 17.0 Å². The SMILES string of the molecule is N=C(N)NCCC[C@@H](C(=O)O)N(C(=O)c1ccc2ccccc2c1OCc1ccccc1)[N+](=O)[O-]. The summed E-state index contributed by atoms with van der Waals surface area (Å²) in [6.45, 7) is 0.229. The van der Waals surface area contributed by atoms with Crippen LogP contribution in [0.4, 0.5) is 0 Å². The van der Waals surface area contributed by atoms with Crippen LogP contribution in [0.2, 0.25) is 0 Å². The smallest absolute Gasteiger partial charge is 0.333 e. The molecule has 0 saturated heterocycles. The van der Waals surface area contributed by atoms with Crippen molar-refractivity contribution in [3.05, 3.63) is 88.0 Å². The van der Waals surface area contributed by atoms with Gasteiger partial charge in [0.05, 0.1) is 5.56 Å². The quantitative estimate of drug-likeness (QED) is 0.107. The summed E-state index contributed by atoms with van der Waals surface area (Å²) in [6.07, 6.45) is -0.0978. The number of guanidine groups is 1. The molecule has 0 bridgehead atoms. The standard InChI is InChI=1S/C24H25N5O6/c25-24(26)27-14-6-11-20(23(31)32)28(29(33)34)22(30)19-13-12-17-9-4-5-10-18(17)21(19)35-15-16-7-2-1-3-8-16/h1-5,7-10,12-13,20H,6,11,14-15H2,(H,31,32)(H4,25,26,27)/t20-/m0/s1. The van der Waals surface area contributed by atoms with E-state index in [9.17, 15) is 24.8 Å². The number of nitrogens with two attached hydrogens (primary N) is 1. The fraction of sp³-hybridized carbons (Fsp3) is 0.208. The minimum absolute atomic E-state index is 0.104. The van der Waals surface area contributed by atoms with Gasteiger partial charge in [0, 0.05) is 11.9 Å². The van der Waals surface area contributed by atoms with Gasteiger partial charge in [0.1, 0.15) is 12.4 Å². The fourth-order valence-electron chi connectivity index (χ4n) is 3.62. The first-order valence-corrected chi connectivity index (χ1v) is 10.8. The Hall–Kier alpha value is -4.67. The molecule has 0 aliphatic carbocycles. The van der Waals surface area contributed by atoms with E-state index < -0.39 is 23.0 Å². The zero-order chi connectivity index (χ0) is 25.4. The van der Waals surface area contributed by atoms with Crippen LogP contribution in [-0.4, -0.2) is 45.6 Å². The molecule has 3 aromatic carbocycles. The number of carboxylic acids is 1. The van der Waals surface area contributed by atoms with Gasteiger partial charge in [-0.1, -0.05) is 60.7 Å². The summed E-state index contributed by atoms with van der Waals surface area (Å²) in [7, 11) is 0. The third kappa shape index (κ3) is 6.22. The van der Waals surface area contributed by atoms with Gasteiger partial charge in [-0.15, -0.1) is 0 Å². The predicted molar refractivity (Wildman–Crippen MR) is 128 cm³/mol. The second-order valence-corrected chi connectivity index (χ2v) is 7.66. The maximum Gasteiger partial charge on any atom is 0.333 e. The van der Waals surface area contributed by atoms with Crippen LogP contribution < -0.4 is 15.8 Å². The molecule has 0 aliphatic rings. The van der Waals surface area contributed by atoms with Gasteiger partial charge in [0.25, 0.3) is 0 Å². The number of aliphatic carboxylic acids is 1. The van der Waals surface area contributed by atoms with Gasteiger partial charge >= 0.3 is 11.9 Å². The van der Waals surface area contributed by atoms with Crippen LogP contribution in [0.15, 0.2) is 66.7 Å². The van der Waals surface area contributed by atoms with Gasteiger partial charge in [-0.05, 0) is 34.9 Å². The molecule has 0 fully saturated rings. The lowest BCUT2D eigenvalue weighted by Gasteiger charge is -2.21. The van der Waals surface area contributed by atoms with Gasteiger partial charge in [-0.3, -0.25) is 10.2 Å². The van der Waals surface area contributed by atoms with E-state index in [0.717, 1.165) is 10.9 Å². The lowest BCUT2D eigenvalue weighted by Crippen LogP contribution is -2.49. The highest BCUT2D eigenvalue weighted by atomic mass is 16.7. The number of nitrogens with one attached hydrogen (secondary N) is 2. The number of carbonyl (C=O) groups excluding carboxylic acids is 1. The van der Waals surface area contributed by atoms with Crippen LogP contribution in [0, 0.1) is 15.5 Å². The second-order valence-electron chi connectivity index (χ2n) is 7.66. The number of hydrazine groups is 1. The molecule has 11 heteroatoms. The average molecular weight is 479 g/mol. The van der Waals surface area contributed by atoms with Crippen LogP contribution in [0.5, 0.6) is 5.75 Å². The lowest BCUT2D eigenvalue weighted by atomic mass is 10.0. The second kappa shape index (κ2) is 11.5. The predicted octanol–water partition coefficient (Wildman–Crippen LogP) is 2.77. The Morgan fingerprint density at radius 1 is 1.11 bits per heavy atom. The van der Waals surface area contributed by atoms with E-state index in [1.165, 1.54) is 6.07 Å². The first-order chi connectivity index (χ1) is 16.8. The highest BCUT2D eigenvalue weighted by molar-refractivity contribution is 6.04. The third-order valence-corrected chi connectivity index (χ3v) is 5.27. The van der Waals surface area contributed by atoms with E-state index >= 15 is 0 Å². The number of hydrogen-bond acceptors (Lipinski definition) is 6. The number of hydrogen-bond donors (Lipinski definition) is 4. The van der Waals surface area contributed by atoms with E-state index in [4.69, 9.17) is 15.9 Å². The Morgan fingerprint density at radius 3 is 2.46 bits per heavy atom. The van der Waals surface area contributed by atoms with Crippen molar-refractivity contribution in [1.29, 1.82) is 5.41 Å². The summed E-state index contributed by atoms with van der Waals surface area (Å²) < 4.78 is 5.99. The van der Waals surface area contributed by atoms with Crippen LogP contribution in [0.3, 0.4) is 0 Å². The first kappa shape index (κ1) is 25.0. The van der Waals surface area contributed by atoms with E-state index in [1.54, 1.807) is 18.2 Å². The van der Waals surface area contributed by atoms with Crippen LogP contribution in [0.25, 0.3) is 10.8 Å². The normalized spacial score (nSPS) is 11.4. The van der Waals surface area contributed by atoms with Gasteiger partial charge in [-0.25, -0.2) is 14.9 Å². The molecule has 11 nitrogen and oxygen atoms in total. The number of amides is 1. The molecular weight excluding hydrogens is 454 g/mol. The lowest BCUT2D eigenvalue weighted by molar-refractivity contribution is -0.638. The number of benzene rings is 3.